The van der Waals surface area contributed by atoms with Crippen LogP contribution in [0.15, 0.2) is 66.7 Å². The number of nitrogens with zero attached hydrogens (tertiary/aromatic N) is 2. The lowest BCUT2D eigenvalue weighted by Crippen LogP contribution is -2.16. The third-order valence-electron chi connectivity index (χ3n) is 5.65. The van der Waals surface area contributed by atoms with E-state index in [-0.39, 0.29) is 11.4 Å². The summed E-state index contributed by atoms with van der Waals surface area (Å²) in [7, 11) is 1.43. The molecule has 4 rings (SSSR count). The monoisotopic (exact) mass is 441 g/mol. The molecule has 0 aliphatic rings. The van der Waals surface area contributed by atoms with Crippen LogP contribution in [0, 0.1) is 17.0 Å². The van der Waals surface area contributed by atoms with Crippen LogP contribution in [-0.4, -0.2) is 22.9 Å². The third kappa shape index (κ3) is 4.25. The molecule has 1 heterocycles. The van der Waals surface area contributed by atoms with E-state index in [9.17, 15) is 14.9 Å². The highest BCUT2D eigenvalue weighted by molar-refractivity contribution is 6.15. The molecule has 7 heteroatoms. The molecule has 0 saturated heterocycles. The standard InChI is InChI=1S/C26H23N3O4/c1-4-17-9-11-18(12-10-17)25-16(2)24(20-7-5-6-8-21(20)27-25)26(30)28-22-14-13-19(33-3)15-23(22)29(31)32/h5-15H,4H2,1-3H3,(H,28,30). The highest BCUT2D eigenvalue weighted by Crippen LogP contribution is 2.33. The maximum absolute atomic E-state index is 13.5. The Bertz CT molecular complexity index is 1360. The second-order valence-corrected chi connectivity index (χ2v) is 7.62. The summed E-state index contributed by atoms with van der Waals surface area (Å²) < 4.78 is 5.08. The Morgan fingerprint density at radius 3 is 2.48 bits per heavy atom. The number of para-hydroxylation sites is 1. The van der Waals surface area contributed by atoms with Crippen LogP contribution in [0.2, 0.25) is 0 Å². The smallest absolute Gasteiger partial charge is 0.296 e. The number of fused-ring (bicyclic) bond motifs is 1. The van der Waals surface area contributed by atoms with Crippen LogP contribution in [0.25, 0.3) is 22.2 Å². The summed E-state index contributed by atoms with van der Waals surface area (Å²) in [5.74, 6) is -0.103. The molecule has 4 aromatic rings. The molecule has 3 aromatic carbocycles. The quantitative estimate of drug-likeness (QED) is 0.295. The predicted octanol–water partition coefficient (Wildman–Crippen LogP) is 5.94. The Morgan fingerprint density at radius 2 is 1.82 bits per heavy atom. The van der Waals surface area contributed by atoms with E-state index >= 15 is 0 Å². The summed E-state index contributed by atoms with van der Waals surface area (Å²) in [4.78, 5) is 29.3. The number of amides is 1. The molecule has 1 N–H and O–H groups in total. The zero-order valence-corrected chi connectivity index (χ0v) is 18.6. The summed E-state index contributed by atoms with van der Waals surface area (Å²) in [5, 5.41) is 15.0. The van der Waals surface area contributed by atoms with Crippen molar-refractivity contribution in [3.8, 4) is 17.0 Å². The number of carbonyl (C=O) groups excluding carboxylic acids is 1. The molecular formula is C26H23N3O4. The summed E-state index contributed by atoms with van der Waals surface area (Å²) in [6.07, 6.45) is 0.929. The van der Waals surface area contributed by atoms with Crippen molar-refractivity contribution in [2.45, 2.75) is 20.3 Å². The molecule has 0 spiro atoms. The van der Waals surface area contributed by atoms with Crippen LogP contribution < -0.4 is 10.1 Å². The number of ether oxygens (including phenoxy) is 1. The summed E-state index contributed by atoms with van der Waals surface area (Å²) in [5.41, 5.74) is 4.47. The number of nitrogens with one attached hydrogen (secondary N) is 1. The zero-order valence-electron chi connectivity index (χ0n) is 18.6. The number of benzene rings is 3. The van der Waals surface area contributed by atoms with E-state index in [1.165, 1.54) is 24.8 Å². The number of aromatic nitrogens is 1. The first-order valence-electron chi connectivity index (χ1n) is 10.5. The Hall–Kier alpha value is -4.26. The number of nitro benzene ring substituents is 1. The largest absolute Gasteiger partial charge is 0.496 e. The van der Waals surface area contributed by atoms with Crippen LogP contribution in [0.3, 0.4) is 0 Å². The molecule has 166 valence electrons. The Labute approximate surface area is 191 Å². The minimum Gasteiger partial charge on any atom is -0.496 e. The number of hydrogen-bond donors (Lipinski definition) is 1. The van der Waals surface area contributed by atoms with Crippen molar-refractivity contribution in [2.24, 2.45) is 0 Å². The van der Waals surface area contributed by atoms with Crippen molar-refractivity contribution in [2.75, 3.05) is 12.4 Å². The van der Waals surface area contributed by atoms with Gasteiger partial charge in [0.2, 0.25) is 0 Å². The van der Waals surface area contributed by atoms with E-state index in [2.05, 4.69) is 12.2 Å². The van der Waals surface area contributed by atoms with Gasteiger partial charge in [0.05, 0.1) is 34.9 Å². The van der Waals surface area contributed by atoms with Crippen molar-refractivity contribution >= 4 is 28.2 Å². The van der Waals surface area contributed by atoms with Gasteiger partial charge in [0.1, 0.15) is 11.4 Å². The van der Waals surface area contributed by atoms with Crippen molar-refractivity contribution in [1.82, 2.24) is 4.98 Å². The number of anilines is 1. The highest BCUT2D eigenvalue weighted by atomic mass is 16.6. The molecule has 0 aliphatic heterocycles. The number of carbonyl (C=O) groups is 1. The van der Waals surface area contributed by atoms with Crippen LogP contribution in [-0.2, 0) is 6.42 Å². The number of pyridine rings is 1. The van der Waals surface area contributed by atoms with Crippen molar-refractivity contribution in [3.63, 3.8) is 0 Å². The van der Waals surface area contributed by atoms with Crippen molar-refractivity contribution < 1.29 is 14.5 Å². The van der Waals surface area contributed by atoms with E-state index in [0.29, 0.717) is 33.5 Å². The molecule has 0 atom stereocenters. The summed E-state index contributed by atoms with van der Waals surface area (Å²) in [6, 6.07) is 19.8. The van der Waals surface area contributed by atoms with Crippen LogP contribution in [0.5, 0.6) is 5.75 Å². The Balaban J connectivity index is 1.84. The normalized spacial score (nSPS) is 10.8. The second kappa shape index (κ2) is 9.08. The maximum Gasteiger partial charge on any atom is 0.296 e. The highest BCUT2D eigenvalue weighted by Gasteiger charge is 2.22. The van der Waals surface area contributed by atoms with E-state index in [1.807, 2.05) is 55.5 Å². The van der Waals surface area contributed by atoms with Gasteiger partial charge in [-0.1, -0.05) is 49.4 Å². The number of nitro groups is 1. The molecule has 0 aliphatic carbocycles. The molecule has 0 saturated carbocycles. The topological polar surface area (TPSA) is 94.4 Å². The molecule has 0 unspecified atom stereocenters. The molecule has 1 amide bonds. The van der Waals surface area contributed by atoms with E-state index in [0.717, 1.165) is 12.0 Å². The SMILES string of the molecule is CCc1ccc(-c2nc3ccccc3c(C(=O)Nc3ccc(OC)cc3[N+](=O)[O-])c2C)cc1. The minimum atomic E-state index is -0.545. The molecular weight excluding hydrogens is 418 g/mol. The fraction of sp³-hybridized carbons (Fsp3) is 0.154. The summed E-state index contributed by atoms with van der Waals surface area (Å²) >= 11 is 0. The van der Waals surface area contributed by atoms with Gasteiger partial charge < -0.3 is 10.1 Å². The van der Waals surface area contributed by atoms with Gasteiger partial charge in [-0.2, -0.15) is 0 Å². The van der Waals surface area contributed by atoms with Crippen LogP contribution >= 0.6 is 0 Å². The second-order valence-electron chi connectivity index (χ2n) is 7.62. The van der Waals surface area contributed by atoms with Crippen LogP contribution in [0.4, 0.5) is 11.4 Å². The van der Waals surface area contributed by atoms with Gasteiger partial charge in [0, 0.05) is 10.9 Å². The summed E-state index contributed by atoms with van der Waals surface area (Å²) in [6.45, 7) is 3.94. The van der Waals surface area contributed by atoms with Gasteiger partial charge in [0.25, 0.3) is 11.6 Å². The lowest BCUT2D eigenvalue weighted by molar-refractivity contribution is -0.384. The fourth-order valence-corrected chi connectivity index (χ4v) is 3.86. The average molecular weight is 441 g/mol. The lowest BCUT2D eigenvalue weighted by atomic mass is 9.96. The maximum atomic E-state index is 13.5. The van der Waals surface area contributed by atoms with Gasteiger partial charge in [-0.3, -0.25) is 14.9 Å². The van der Waals surface area contributed by atoms with Gasteiger partial charge >= 0.3 is 0 Å². The lowest BCUT2D eigenvalue weighted by Gasteiger charge is -2.15. The van der Waals surface area contributed by atoms with Crippen LogP contribution in [0.1, 0.15) is 28.4 Å². The molecule has 0 bridgehead atoms. The molecule has 33 heavy (non-hydrogen) atoms. The Morgan fingerprint density at radius 1 is 1.09 bits per heavy atom. The average Bonchev–Trinajstić information content (AvgIpc) is 2.83. The Kier molecular flexibility index (Phi) is 6.04. The number of aryl methyl sites for hydroxylation is 1. The first-order valence-corrected chi connectivity index (χ1v) is 10.5. The van der Waals surface area contributed by atoms with Crippen molar-refractivity contribution in [1.29, 1.82) is 0 Å². The number of rotatable bonds is 6. The minimum absolute atomic E-state index is 0.0972. The predicted molar refractivity (Wildman–Crippen MR) is 129 cm³/mol. The van der Waals surface area contributed by atoms with Gasteiger partial charge in [0.15, 0.2) is 0 Å². The van der Waals surface area contributed by atoms with E-state index in [1.54, 1.807) is 6.07 Å². The fourth-order valence-electron chi connectivity index (χ4n) is 3.86. The number of hydrogen-bond acceptors (Lipinski definition) is 5. The number of methoxy groups -OCH3 is 1. The van der Waals surface area contributed by atoms with Crippen molar-refractivity contribution in [3.05, 3.63) is 93.5 Å². The van der Waals surface area contributed by atoms with Gasteiger partial charge in [-0.25, -0.2) is 4.98 Å². The molecule has 0 radical (unpaired) electrons. The van der Waals surface area contributed by atoms with Gasteiger partial charge in [-0.15, -0.1) is 0 Å². The zero-order chi connectivity index (χ0) is 23.5. The molecule has 7 nitrogen and oxygen atoms in total. The van der Waals surface area contributed by atoms with E-state index < -0.39 is 10.8 Å². The van der Waals surface area contributed by atoms with E-state index in [4.69, 9.17) is 9.72 Å². The molecule has 0 fully saturated rings. The first-order chi connectivity index (χ1) is 15.9. The molecule has 1 aromatic heterocycles. The van der Waals surface area contributed by atoms with Gasteiger partial charge in [-0.05, 0) is 42.7 Å². The first kappa shape index (κ1) is 22.0. The third-order valence-corrected chi connectivity index (χ3v) is 5.65.